The number of hydrogen-bond donors (Lipinski definition) is 2. The zero-order valence-electron chi connectivity index (χ0n) is 9.29. The fourth-order valence-corrected chi connectivity index (χ4v) is 1.99. The lowest BCUT2D eigenvalue weighted by Gasteiger charge is -2.30. The molecule has 0 saturated carbocycles. The molecule has 8 heteroatoms. The van der Waals surface area contributed by atoms with Crippen LogP contribution in [0.25, 0.3) is 0 Å². The van der Waals surface area contributed by atoms with Crippen molar-refractivity contribution in [3.8, 4) is 0 Å². The largest absolute Gasteiger partial charge is 0.735 e. The molecule has 0 aromatic rings. The lowest BCUT2D eigenvalue weighted by molar-refractivity contribution is 0.0909. The van der Waals surface area contributed by atoms with Gasteiger partial charge in [0.2, 0.25) is 0 Å². The predicted octanol–water partition coefficient (Wildman–Crippen LogP) is -2.36. The smallest absolute Gasteiger partial charge is 0.161 e. The van der Waals surface area contributed by atoms with Gasteiger partial charge in [-0.15, -0.1) is 0 Å². The first-order valence-electron chi connectivity index (χ1n) is 5.18. The van der Waals surface area contributed by atoms with Gasteiger partial charge >= 0.3 is 0 Å². The maximum atomic E-state index is 10.6. The first-order chi connectivity index (χ1) is 7.39. The molecule has 1 atom stereocenters. The molecule has 1 fully saturated rings. The topological polar surface area (TPSA) is 95.9 Å². The third-order valence-corrected chi connectivity index (χ3v) is 3.44. The zero-order chi connectivity index (χ0) is 12.2. The number of nitrogens with one attached hydrogen (secondary N) is 1. The van der Waals surface area contributed by atoms with Gasteiger partial charge in [0, 0.05) is 46.3 Å². The van der Waals surface area contributed by atoms with Crippen molar-refractivity contribution in [2.45, 2.75) is 6.10 Å². The Morgan fingerprint density at radius 3 is 2.56 bits per heavy atom. The lowest BCUT2D eigenvalue weighted by Crippen LogP contribution is -2.48. The van der Waals surface area contributed by atoms with E-state index in [2.05, 4.69) is 5.32 Å². The second-order valence-electron chi connectivity index (χ2n) is 3.94. The fourth-order valence-electron chi connectivity index (χ4n) is 1.64. The van der Waals surface area contributed by atoms with Crippen LogP contribution in [0.3, 0.4) is 0 Å². The van der Waals surface area contributed by atoms with Crippen LogP contribution in [0, 0.1) is 0 Å². The van der Waals surface area contributed by atoms with Crippen molar-refractivity contribution in [1.82, 2.24) is 14.5 Å². The van der Waals surface area contributed by atoms with Crippen LogP contribution < -0.4 is 5.32 Å². The number of hydrogen-bond acceptors (Lipinski definition) is 6. The number of nitrogens with zero attached hydrogens (tertiary/aromatic N) is 2. The Labute approximate surface area is 95.9 Å². The number of likely N-dealkylation sites (N-methyl/N-ethyl adjacent to an activating group) is 1. The van der Waals surface area contributed by atoms with Crippen molar-refractivity contribution in [3.63, 3.8) is 0 Å². The van der Waals surface area contributed by atoms with Crippen LogP contribution in [0.2, 0.25) is 0 Å². The average molecular weight is 252 g/mol. The molecule has 1 aliphatic rings. The number of rotatable bonds is 5. The van der Waals surface area contributed by atoms with Crippen LogP contribution in [0.4, 0.5) is 0 Å². The summed E-state index contributed by atoms with van der Waals surface area (Å²) in [7, 11) is -3.28. The summed E-state index contributed by atoms with van der Waals surface area (Å²) in [5.74, 6) is 0. The summed E-state index contributed by atoms with van der Waals surface area (Å²) in [4.78, 5) is 2.03. The maximum Gasteiger partial charge on any atom is 0.161 e. The van der Waals surface area contributed by atoms with Crippen LogP contribution in [-0.4, -0.2) is 79.7 Å². The molecule has 0 spiro atoms. The highest BCUT2D eigenvalue weighted by molar-refractivity contribution is 7.83. The van der Waals surface area contributed by atoms with Crippen molar-refractivity contribution in [1.29, 1.82) is 0 Å². The summed E-state index contributed by atoms with van der Waals surface area (Å²) < 4.78 is 32.4. The van der Waals surface area contributed by atoms with Gasteiger partial charge in [0.25, 0.3) is 0 Å². The van der Waals surface area contributed by atoms with Crippen molar-refractivity contribution >= 4 is 10.3 Å². The lowest BCUT2D eigenvalue weighted by atomic mass is 10.3. The van der Waals surface area contributed by atoms with Gasteiger partial charge in [-0.1, -0.05) is 0 Å². The van der Waals surface area contributed by atoms with E-state index in [0.717, 1.165) is 26.2 Å². The number of piperazine rings is 1. The zero-order valence-corrected chi connectivity index (χ0v) is 10.1. The monoisotopic (exact) mass is 252 g/mol. The molecule has 0 radical (unpaired) electrons. The van der Waals surface area contributed by atoms with E-state index >= 15 is 0 Å². The molecule has 0 amide bonds. The van der Waals surface area contributed by atoms with E-state index in [1.165, 1.54) is 7.05 Å². The van der Waals surface area contributed by atoms with Crippen LogP contribution in [0.15, 0.2) is 0 Å². The highest BCUT2D eigenvalue weighted by atomic mass is 32.2. The molecule has 0 bridgehead atoms. The van der Waals surface area contributed by atoms with E-state index < -0.39 is 16.4 Å². The molecular weight excluding hydrogens is 234 g/mol. The summed E-state index contributed by atoms with van der Waals surface area (Å²) in [5.41, 5.74) is 0. The van der Waals surface area contributed by atoms with Crippen molar-refractivity contribution in [2.24, 2.45) is 0 Å². The van der Waals surface area contributed by atoms with Crippen LogP contribution in [0.5, 0.6) is 0 Å². The first-order valence-corrected chi connectivity index (χ1v) is 6.54. The third-order valence-electron chi connectivity index (χ3n) is 2.53. The number of aliphatic hydroxyl groups excluding tert-OH is 1. The fraction of sp³-hybridized carbons (Fsp3) is 1.00. The molecule has 1 rings (SSSR count). The van der Waals surface area contributed by atoms with Gasteiger partial charge in [-0.3, -0.25) is 4.90 Å². The van der Waals surface area contributed by atoms with Crippen LogP contribution in [0.1, 0.15) is 0 Å². The molecule has 0 aliphatic carbocycles. The van der Waals surface area contributed by atoms with Gasteiger partial charge in [-0.05, 0) is 0 Å². The van der Waals surface area contributed by atoms with E-state index in [9.17, 15) is 18.1 Å². The minimum Gasteiger partial charge on any atom is -0.735 e. The SMILES string of the molecule is CN(CC(O)CN1CCNCC1)S(=O)(=O)[O-]. The highest BCUT2D eigenvalue weighted by Gasteiger charge is 2.17. The van der Waals surface area contributed by atoms with Gasteiger partial charge < -0.3 is 15.0 Å². The molecule has 1 heterocycles. The summed E-state index contributed by atoms with van der Waals surface area (Å²) in [6.45, 7) is 3.61. The van der Waals surface area contributed by atoms with Gasteiger partial charge in [-0.25, -0.2) is 12.7 Å². The van der Waals surface area contributed by atoms with Crippen molar-refractivity contribution in [2.75, 3.05) is 46.3 Å². The number of aliphatic hydroxyl groups is 1. The minimum atomic E-state index is -4.45. The normalized spacial score (nSPS) is 21.2. The predicted molar refractivity (Wildman–Crippen MR) is 57.6 cm³/mol. The molecule has 1 saturated heterocycles. The molecule has 0 aromatic heterocycles. The van der Waals surface area contributed by atoms with E-state index in [4.69, 9.17) is 0 Å². The summed E-state index contributed by atoms with van der Waals surface area (Å²) in [6, 6.07) is 0. The van der Waals surface area contributed by atoms with Crippen molar-refractivity contribution in [3.05, 3.63) is 0 Å². The third kappa shape index (κ3) is 4.73. The van der Waals surface area contributed by atoms with E-state index in [0.29, 0.717) is 10.8 Å². The summed E-state index contributed by atoms with van der Waals surface area (Å²) in [5, 5.41) is 12.8. The second kappa shape index (κ2) is 5.89. The molecule has 16 heavy (non-hydrogen) atoms. The first kappa shape index (κ1) is 13.8. The molecule has 2 N–H and O–H groups in total. The van der Waals surface area contributed by atoms with Gasteiger partial charge in [-0.2, -0.15) is 0 Å². The molecule has 0 aromatic carbocycles. The Balaban J connectivity index is 2.32. The molecule has 7 nitrogen and oxygen atoms in total. The second-order valence-corrected chi connectivity index (χ2v) is 5.42. The quantitative estimate of drug-likeness (QED) is 0.532. The Hall–Kier alpha value is -0.250. The Bertz CT molecular complexity index is 302. The van der Waals surface area contributed by atoms with Gasteiger partial charge in [0.1, 0.15) is 0 Å². The van der Waals surface area contributed by atoms with Gasteiger partial charge in [0.15, 0.2) is 10.3 Å². The standard InChI is InChI=1S/C8H19N3O4S/c1-10(16(13,14)15)6-8(12)7-11-4-2-9-3-5-11/h8-9,12H,2-7H2,1H3,(H,13,14,15)/p-1. The van der Waals surface area contributed by atoms with Gasteiger partial charge in [0.05, 0.1) is 6.10 Å². The molecule has 1 aliphatic heterocycles. The Kier molecular flexibility index (Phi) is 5.09. The maximum absolute atomic E-state index is 10.6. The Morgan fingerprint density at radius 2 is 2.06 bits per heavy atom. The highest BCUT2D eigenvalue weighted by Crippen LogP contribution is 1.99. The summed E-state index contributed by atoms with van der Waals surface area (Å²) in [6.07, 6.45) is -0.827. The van der Waals surface area contributed by atoms with Crippen LogP contribution >= 0.6 is 0 Å². The summed E-state index contributed by atoms with van der Waals surface area (Å²) >= 11 is 0. The van der Waals surface area contributed by atoms with Crippen molar-refractivity contribution < 1.29 is 18.1 Å². The number of β-amino-alcohol motifs (C(OH)–C–C–N with tert-alkyl or cyclic N) is 1. The molecular formula is C8H18N3O4S-. The van der Waals surface area contributed by atoms with E-state index in [-0.39, 0.29) is 6.54 Å². The van der Waals surface area contributed by atoms with E-state index in [1.54, 1.807) is 0 Å². The molecule has 1 unspecified atom stereocenters. The average Bonchev–Trinajstić information content (AvgIpc) is 2.17. The molecule has 96 valence electrons. The van der Waals surface area contributed by atoms with Crippen LogP contribution in [-0.2, 0) is 10.3 Å². The van der Waals surface area contributed by atoms with E-state index in [1.807, 2.05) is 4.90 Å². The Morgan fingerprint density at radius 1 is 1.50 bits per heavy atom. The minimum absolute atomic E-state index is 0.157.